The quantitative estimate of drug-likeness (QED) is 0.683. The van der Waals surface area contributed by atoms with E-state index in [4.69, 9.17) is 4.74 Å². The first-order valence-corrected chi connectivity index (χ1v) is 9.00. The Kier molecular flexibility index (Phi) is 7.34. The van der Waals surface area contributed by atoms with E-state index in [1.807, 2.05) is 0 Å². The van der Waals surface area contributed by atoms with Gasteiger partial charge in [0.15, 0.2) is 6.61 Å². The molecule has 0 heterocycles. The smallest absolute Gasteiger partial charge is 0.338 e. The summed E-state index contributed by atoms with van der Waals surface area (Å²) in [6.07, 6.45) is 4.16. The summed E-state index contributed by atoms with van der Waals surface area (Å²) in [6, 6.07) is 5.53. The van der Waals surface area contributed by atoms with Crippen molar-refractivity contribution in [3.8, 4) is 0 Å². The molecule has 146 valence electrons. The molecule has 1 aliphatic carbocycles. The topological polar surface area (TPSA) is 114 Å². The molecular formula is C19H25N3O5. The van der Waals surface area contributed by atoms with Crippen LogP contribution in [0.2, 0.25) is 0 Å². The van der Waals surface area contributed by atoms with Gasteiger partial charge in [-0.1, -0.05) is 19.8 Å². The fourth-order valence-electron chi connectivity index (χ4n) is 3.01. The summed E-state index contributed by atoms with van der Waals surface area (Å²) in [7, 11) is 0. The van der Waals surface area contributed by atoms with Crippen molar-refractivity contribution in [1.82, 2.24) is 10.6 Å². The van der Waals surface area contributed by atoms with E-state index in [-0.39, 0.29) is 17.5 Å². The molecule has 2 rings (SSSR count). The molecule has 0 aromatic heterocycles. The number of urea groups is 1. The van der Waals surface area contributed by atoms with Crippen LogP contribution in [0.25, 0.3) is 0 Å². The van der Waals surface area contributed by atoms with Gasteiger partial charge in [0.25, 0.3) is 5.91 Å². The third-order valence-electron chi connectivity index (χ3n) is 4.46. The minimum atomic E-state index is -0.695. The highest BCUT2D eigenvalue weighted by Crippen LogP contribution is 2.23. The van der Waals surface area contributed by atoms with Crippen molar-refractivity contribution < 1.29 is 23.9 Å². The molecule has 27 heavy (non-hydrogen) atoms. The van der Waals surface area contributed by atoms with Crippen molar-refractivity contribution >= 4 is 29.5 Å². The van der Waals surface area contributed by atoms with Crippen LogP contribution in [0.5, 0.6) is 0 Å². The number of ether oxygens (including phenoxy) is 1. The van der Waals surface area contributed by atoms with E-state index < -0.39 is 24.5 Å². The molecule has 3 N–H and O–H groups in total. The predicted molar refractivity (Wildman–Crippen MR) is 99.1 cm³/mol. The number of hydrogen-bond acceptors (Lipinski definition) is 5. The lowest BCUT2D eigenvalue weighted by Gasteiger charge is -2.29. The van der Waals surface area contributed by atoms with Gasteiger partial charge in [-0.05, 0) is 43.0 Å². The first-order valence-electron chi connectivity index (χ1n) is 9.00. The minimum absolute atomic E-state index is 0.0521. The van der Waals surface area contributed by atoms with Gasteiger partial charge in [0.2, 0.25) is 5.91 Å². The SMILES string of the molecule is CC(=O)Nc1ccc(C(=O)OCC(=O)NC(=O)N[C@H]2CCCC[C@H]2C)cc1. The van der Waals surface area contributed by atoms with Crippen molar-refractivity contribution in [3.05, 3.63) is 29.8 Å². The van der Waals surface area contributed by atoms with Crippen LogP contribution in [-0.4, -0.2) is 36.5 Å². The molecule has 1 aromatic rings. The molecule has 1 saturated carbocycles. The van der Waals surface area contributed by atoms with E-state index >= 15 is 0 Å². The van der Waals surface area contributed by atoms with Gasteiger partial charge in [0.05, 0.1) is 5.56 Å². The van der Waals surface area contributed by atoms with Crippen LogP contribution >= 0.6 is 0 Å². The maximum absolute atomic E-state index is 11.9. The molecule has 0 spiro atoms. The average molecular weight is 375 g/mol. The molecule has 2 atom stereocenters. The first-order chi connectivity index (χ1) is 12.8. The number of rotatable bonds is 5. The maximum Gasteiger partial charge on any atom is 0.338 e. The van der Waals surface area contributed by atoms with Crippen LogP contribution in [0.15, 0.2) is 24.3 Å². The van der Waals surface area contributed by atoms with E-state index in [1.54, 1.807) is 12.1 Å². The van der Waals surface area contributed by atoms with Crippen LogP contribution < -0.4 is 16.0 Å². The zero-order chi connectivity index (χ0) is 19.8. The summed E-state index contributed by atoms with van der Waals surface area (Å²) in [4.78, 5) is 46.6. The second-order valence-corrected chi connectivity index (χ2v) is 6.72. The third-order valence-corrected chi connectivity index (χ3v) is 4.46. The van der Waals surface area contributed by atoms with E-state index in [1.165, 1.54) is 19.1 Å². The summed E-state index contributed by atoms with van der Waals surface area (Å²) in [5.74, 6) is -1.24. The number of nitrogens with one attached hydrogen (secondary N) is 3. The summed E-state index contributed by atoms with van der Waals surface area (Å²) >= 11 is 0. The molecule has 1 fully saturated rings. The second-order valence-electron chi connectivity index (χ2n) is 6.72. The third kappa shape index (κ3) is 6.73. The standard InChI is InChI=1S/C19H25N3O5/c1-12-5-3-4-6-16(12)21-19(26)22-17(24)11-27-18(25)14-7-9-15(10-8-14)20-13(2)23/h7-10,12,16H,3-6,11H2,1-2H3,(H,20,23)(H2,21,22,24,26)/t12-,16+/m1/s1. The monoisotopic (exact) mass is 375 g/mol. The van der Waals surface area contributed by atoms with Gasteiger partial charge in [-0.2, -0.15) is 0 Å². The fourth-order valence-corrected chi connectivity index (χ4v) is 3.01. The summed E-state index contributed by atoms with van der Waals surface area (Å²) < 4.78 is 4.90. The van der Waals surface area contributed by atoms with Crippen molar-refractivity contribution in [2.75, 3.05) is 11.9 Å². The van der Waals surface area contributed by atoms with Crippen LogP contribution in [0, 0.1) is 5.92 Å². The van der Waals surface area contributed by atoms with Crippen molar-refractivity contribution in [2.24, 2.45) is 5.92 Å². The molecule has 8 nitrogen and oxygen atoms in total. The Balaban J connectivity index is 1.74. The Labute approximate surface area is 158 Å². The summed E-state index contributed by atoms with van der Waals surface area (Å²) in [5, 5.41) is 7.55. The van der Waals surface area contributed by atoms with E-state index in [9.17, 15) is 19.2 Å². The number of amides is 4. The zero-order valence-corrected chi connectivity index (χ0v) is 15.5. The minimum Gasteiger partial charge on any atom is -0.452 e. The number of carbonyl (C=O) groups is 4. The second kappa shape index (κ2) is 9.70. The van der Waals surface area contributed by atoms with Crippen LogP contribution in [0.1, 0.15) is 49.9 Å². The number of carbonyl (C=O) groups excluding carboxylic acids is 4. The molecule has 8 heteroatoms. The average Bonchev–Trinajstić information content (AvgIpc) is 2.61. The van der Waals surface area contributed by atoms with Crippen molar-refractivity contribution in [3.63, 3.8) is 0 Å². The van der Waals surface area contributed by atoms with Crippen LogP contribution in [0.3, 0.4) is 0 Å². The predicted octanol–water partition coefficient (Wildman–Crippen LogP) is 2.21. The number of imide groups is 1. The Bertz CT molecular complexity index is 702. The Morgan fingerprint density at radius 1 is 1.07 bits per heavy atom. The van der Waals surface area contributed by atoms with Gasteiger partial charge in [0.1, 0.15) is 0 Å². The highest BCUT2D eigenvalue weighted by atomic mass is 16.5. The number of anilines is 1. The zero-order valence-electron chi connectivity index (χ0n) is 15.5. The van der Waals surface area contributed by atoms with Gasteiger partial charge in [-0.25, -0.2) is 9.59 Å². The molecule has 0 unspecified atom stereocenters. The lowest BCUT2D eigenvalue weighted by atomic mass is 9.86. The Hall–Kier alpha value is -2.90. The van der Waals surface area contributed by atoms with Crippen molar-refractivity contribution in [1.29, 1.82) is 0 Å². The number of esters is 1. The normalized spacial score (nSPS) is 18.9. The Morgan fingerprint density at radius 3 is 2.37 bits per heavy atom. The maximum atomic E-state index is 11.9. The van der Waals surface area contributed by atoms with Crippen LogP contribution in [0.4, 0.5) is 10.5 Å². The van der Waals surface area contributed by atoms with Crippen LogP contribution in [-0.2, 0) is 14.3 Å². The van der Waals surface area contributed by atoms with Gasteiger partial charge >= 0.3 is 12.0 Å². The molecular weight excluding hydrogens is 350 g/mol. The Morgan fingerprint density at radius 2 is 1.74 bits per heavy atom. The molecule has 1 aliphatic rings. The first kappa shape index (κ1) is 20.4. The molecule has 4 amide bonds. The summed E-state index contributed by atoms with van der Waals surface area (Å²) in [5.41, 5.74) is 0.780. The molecule has 1 aromatic carbocycles. The fraction of sp³-hybridized carbons (Fsp3) is 0.474. The van der Waals surface area contributed by atoms with Gasteiger partial charge in [0, 0.05) is 18.7 Å². The van der Waals surface area contributed by atoms with Gasteiger partial charge in [-0.3, -0.25) is 14.9 Å². The number of hydrogen-bond donors (Lipinski definition) is 3. The number of benzene rings is 1. The molecule has 0 radical (unpaired) electrons. The van der Waals surface area contributed by atoms with Crippen molar-refractivity contribution in [2.45, 2.75) is 45.6 Å². The van der Waals surface area contributed by atoms with E-state index in [2.05, 4.69) is 22.9 Å². The van der Waals surface area contributed by atoms with Gasteiger partial charge < -0.3 is 15.4 Å². The highest BCUT2D eigenvalue weighted by Gasteiger charge is 2.23. The molecule has 0 saturated heterocycles. The molecule has 0 aliphatic heterocycles. The lowest BCUT2D eigenvalue weighted by Crippen LogP contribution is -2.48. The van der Waals surface area contributed by atoms with E-state index in [0.717, 1.165) is 25.7 Å². The lowest BCUT2D eigenvalue weighted by molar-refractivity contribution is -0.123. The van der Waals surface area contributed by atoms with E-state index in [0.29, 0.717) is 11.6 Å². The molecule has 0 bridgehead atoms. The highest BCUT2D eigenvalue weighted by molar-refractivity contribution is 5.97. The van der Waals surface area contributed by atoms with Gasteiger partial charge in [-0.15, -0.1) is 0 Å². The summed E-state index contributed by atoms with van der Waals surface area (Å²) in [6.45, 7) is 2.90. The largest absolute Gasteiger partial charge is 0.452 e.